The number of amides is 2. The standard InChI is InChI=1S/C20H26N2O2/c1-14-10-16(11-14)18(23)22-9-8-20(13-22)17(12-21(2)19(20)24)15-6-4-3-5-7-15/h3-7,14,16-17H,8-13H2,1-2H3. The molecule has 1 aromatic rings. The quantitative estimate of drug-likeness (QED) is 0.838. The highest BCUT2D eigenvalue weighted by Gasteiger charge is 2.57. The Hall–Kier alpha value is -1.84. The molecule has 3 fully saturated rings. The SMILES string of the molecule is CC1CC(C(=O)N2CCC3(C2)C(=O)N(C)CC3c2ccccc2)C1. The average Bonchev–Trinajstić information content (AvgIpc) is 3.11. The van der Waals surface area contributed by atoms with E-state index in [2.05, 4.69) is 19.1 Å². The van der Waals surface area contributed by atoms with Gasteiger partial charge in [0.1, 0.15) is 0 Å². The predicted molar refractivity (Wildman–Crippen MR) is 92.3 cm³/mol. The van der Waals surface area contributed by atoms with Gasteiger partial charge in [0.05, 0.1) is 5.41 Å². The van der Waals surface area contributed by atoms with Gasteiger partial charge in [-0.05, 0) is 30.7 Å². The van der Waals surface area contributed by atoms with E-state index in [1.807, 2.05) is 35.0 Å². The van der Waals surface area contributed by atoms with Crippen LogP contribution in [0.4, 0.5) is 0 Å². The van der Waals surface area contributed by atoms with E-state index in [9.17, 15) is 9.59 Å². The Morgan fingerprint density at radius 2 is 1.92 bits per heavy atom. The highest BCUT2D eigenvalue weighted by molar-refractivity contribution is 5.89. The van der Waals surface area contributed by atoms with E-state index in [0.29, 0.717) is 12.5 Å². The summed E-state index contributed by atoms with van der Waals surface area (Å²) in [5, 5.41) is 0. The first kappa shape index (κ1) is 15.7. The fourth-order valence-corrected chi connectivity index (χ4v) is 5.01. The summed E-state index contributed by atoms with van der Waals surface area (Å²) in [5.41, 5.74) is 0.808. The van der Waals surface area contributed by atoms with Gasteiger partial charge in [0.2, 0.25) is 11.8 Å². The lowest BCUT2D eigenvalue weighted by atomic mass is 9.73. The van der Waals surface area contributed by atoms with Gasteiger partial charge >= 0.3 is 0 Å². The van der Waals surface area contributed by atoms with E-state index in [-0.39, 0.29) is 23.7 Å². The molecule has 1 spiro atoms. The normalized spacial score (nSPS) is 35.6. The van der Waals surface area contributed by atoms with Crippen LogP contribution in [0.3, 0.4) is 0 Å². The van der Waals surface area contributed by atoms with Crippen molar-refractivity contribution >= 4 is 11.8 Å². The van der Waals surface area contributed by atoms with Crippen LogP contribution in [0.25, 0.3) is 0 Å². The van der Waals surface area contributed by atoms with Crippen molar-refractivity contribution in [2.75, 3.05) is 26.7 Å². The number of carbonyl (C=O) groups is 2. The molecule has 24 heavy (non-hydrogen) atoms. The van der Waals surface area contributed by atoms with E-state index in [4.69, 9.17) is 0 Å². The maximum Gasteiger partial charge on any atom is 0.231 e. The van der Waals surface area contributed by atoms with Crippen molar-refractivity contribution in [3.63, 3.8) is 0 Å². The van der Waals surface area contributed by atoms with Crippen LogP contribution in [0.15, 0.2) is 30.3 Å². The molecule has 3 aliphatic rings. The third-order valence-electron chi connectivity index (χ3n) is 6.43. The van der Waals surface area contributed by atoms with Crippen molar-refractivity contribution in [1.29, 1.82) is 0 Å². The summed E-state index contributed by atoms with van der Waals surface area (Å²) in [6.07, 6.45) is 2.82. The van der Waals surface area contributed by atoms with Crippen molar-refractivity contribution in [2.24, 2.45) is 17.3 Å². The average molecular weight is 326 g/mol. The Balaban J connectivity index is 1.58. The van der Waals surface area contributed by atoms with Crippen molar-refractivity contribution in [1.82, 2.24) is 9.80 Å². The Morgan fingerprint density at radius 1 is 1.21 bits per heavy atom. The van der Waals surface area contributed by atoms with Gasteiger partial charge in [0.25, 0.3) is 0 Å². The summed E-state index contributed by atoms with van der Waals surface area (Å²) >= 11 is 0. The van der Waals surface area contributed by atoms with Crippen LogP contribution in [0.5, 0.6) is 0 Å². The first-order valence-electron chi connectivity index (χ1n) is 9.10. The molecule has 4 nitrogen and oxygen atoms in total. The molecule has 4 heteroatoms. The minimum absolute atomic E-state index is 0.189. The summed E-state index contributed by atoms with van der Waals surface area (Å²) in [5.74, 6) is 1.55. The number of likely N-dealkylation sites (N-methyl/N-ethyl adjacent to an activating group) is 1. The highest BCUT2D eigenvalue weighted by atomic mass is 16.2. The number of nitrogens with zero attached hydrogens (tertiary/aromatic N) is 2. The summed E-state index contributed by atoms with van der Waals surface area (Å²) in [7, 11) is 1.89. The summed E-state index contributed by atoms with van der Waals surface area (Å²) in [4.78, 5) is 29.6. The fraction of sp³-hybridized carbons (Fsp3) is 0.600. The summed E-state index contributed by atoms with van der Waals surface area (Å²) in [6.45, 7) is 4.29. The lowest BCUT2D eigenvalue weighted by Crippen LogP contribution is -2.43. The molecule has 0 radical (unpaired) electrons. The molecule has 128 valence electrons. The molecule has 1 aliphatic carbocycles. The third-order valence-corrected chi connectivity index (χ3v) is 6.43. The van der Waals surface area contributed by atoms with Gasteiger partial charge in [-0.2, -0.15) is 0 Å². The number of rotatable bonds is 2. The molecule has 2 atom stereocenters. The van der Waals surface area contributed by atoms with E-state index >= 15 is 0 Å². The van der Waals surface area contributed by atoms with Crippen LogP contribution in [-0.2, 0) is 9.59 Å². The second kappa shape index (κ2) is 5.61. The van der Waals surface area contributed by atoms with E-state index < -0.39 is 5.41 Å². The number of carbonyl (C=O) groups excluding carboxylic acids is 2. The predicted octanol–water partition coefficient (Wildman–Crippen LogP) is 2.51. The van der Waals surface area contributed by atoms with Crippen LogP contribution >= 0.6 is 0 Å². The molecule has 1 saturated carbocycles. The molecule has 0 N–H and O–H groups in total. The smallest absolute Gasteiger partial charge is 0.231 e. The van der Waals surface area contributed by atoms with Gasteiger partial charge in [-0.25, -0.2) is 0 Å². The van der Waals surface area contributed by atoms with Crippen LogP contribution in [0, 0.1) is 17.3 Å². The molecule has 2 unspecified atom stereocenters. The first-order chi connectivity index (χ1) is 11.5. The third kappa shape index (κ3) is 2.27. The molecule has 2 amide bonds. The van der Waals surface area contributed by atoms with Crippen LogP contribution in [0.1, 0.15) is 37.7 Å². The molecule has 0 aromatic heterocycles. The van der Waals surface area contributed by atoms with Gasteiger partial charge in [0.15, 0.2) is 0 Å². The highest BCUT2D eigenvalue weighted by Crippen LogP contribution is 2.50. The molecule has 2 aliphatic heterocycles. The molecule has 1 aromatic carbocycles. The molecule has 0 bridgehead atoms. The lowest BCUT2D eigenvalue weighted by molar-refractivity contribution is -0.140. The maximum atomic E-state index is 13.0. The molecular weight excluding hydrogens is 300 g/mol. The fourth-order valence-electron chi connectivity index (χ4n) is 5.01. The molecule has 2 heterocycles. The number of hydrogen-bond acceptors (Lipinski definition) is 2. The maximum absolute atomic E-state index is 13.0. The van der Waals surface area contributed by atoms with E-state index in [1.54, 1.807) is 0 Å². The van der Waals surface area contributed by atoms with Crippen LogP contribution in [0.2, 0.25) is 0 Å². The Bertz CT molecular complexity index is 653. The molecule has 4 rings (SSSR count). The Labute approximate surface area is 143 Å². The molecular formula is C20H26N2O2. The number of benzene rings is 1. The largest absolute Gasteiger partial charge is 0.345 e. The number of hydrogen-bond donors (Lipinski definition) is 0. The minimum atomic E-state index is -0.416. The second-order valence-electron chi connectivity index (χ2n) is 8.09. The topological polar surface area (TPSA) is 40.6 Å². The Morgan fingerprint density at radius 3 is 2.58 bits per heavy atom. The van der Waals surface area contributed by atoms with E-state index in [0.717, 1.165) is 32.4 Å². The summed E-state index contributed by atoms with van der Waals surface area (Å²) < 4.78 is 0. The Kier molecular flexibility index (Phi) is 3.66. The van der Waals surface area contributed by atoms with Gasteiger partial charge in [-0.15, -0.1) is 0 Å². The summed E-state index contributed by atoms with van der Waals surface area (Å²) in [6, 6.07) is 10.3. The van der Waals surface area contributed by atoms with Crippen molar-refractivity contribution < 1.29 is 9.59 Å². The van der Waals surface area contributed by atoms with Gasteiger partial charge in [0, 0.05) is 38.5 Å². The minimum Gasteiger partial charge on any atom is -0.345 e. The van der Waals surface area contributed by atoms with Gasteiger partial charge in [-0.3, -0.25) is 9.59 Å². The van der Waals surface area contributed by atoms with Gasteiger partial charge in [-0.1, -0.05) is 37.3 Å². The van der Waals surface area contributed by atoms with E-state index in [1.165, 1.54) is 5.56 Å². The number of likely N-dealkylation sites (tertiary alicyclic amines) is 2. The second-order valence-corrected chi connectivity index (χ2v) is 8.09. The molecule has 2 saturated heterocycles. The zero-order valence-electron chi connectivity index (χ0n) is 14.6. The van der Waals surface area contributed by atoms with Gasteiger partial charge < -0.3 is 9.80 Å². The van der Waals surface area contributed by atoms with Crippen molar-refractivity contribution in [3.8, 4) is 0 Å². The van der Waals surface area contributed by atoms with Crippen LogP contribution < -0.4 is 0 Å². The first-order valence-corrected chi connectivity index (χ1v) is 9.10. The van der Waals surface area contributed by atoms with Crippen molar-refractivity contribution in [2.45, 2.75) is 32.1 Å². The zero-order valence-corrected chi connectivity index (χ0v) is 14.6. The van der Waals surface area contributed by atoms with Crippen molar-refractivity contribution in [3.05, 3.63) is 35.9 Å². The lowest BCUT2D eigenvalue weighted by Gasteiger charge is -2.35. The zero-order chi connectivity index (χ0) is 16.9. The monoisotopic (exact) mass is 326 g/mol. The van der Waals surface area contributed by atoms with Crippen LogP contribution in [-0.4, -0.2) is 48.3 Å².